The molecule has 1 aromatic rings. The fourth-order valence-corrected chi connectivity index (χ4v) is 103. The Morgan fingerprint density at radius 2 is 1.47 bits per heavy atom. The predicted molar refractivity (Wildman–Crippen MR) is 70.5 cm³/mol. The first kappa shape index (κ1) is 7.39. The topological polar surface area (TPSA) is 0 Å². The average molecular weight is 312 g/mol. The summed E-state index contributed by atoms with van der Waals surface area (Å²) in [6, 6.07) is 7.88. The van der Waals surface area contributed by atoms with Gasteiger partial charge in [0.05, 0.1) is 0 Å². The van der Waals surface area contributed by atoms with E-state index in [-0.39, 0.29) is 5.82 Å². The second-order valence-electron chi connectivity index (χ2n) is 11.3. The van der Waals surface area contributed by atoms with E-state index in [1.165, 1.54) is 38.5 Å². The predicted octanol–water partition coefficient (Wildman–Crippen LogP) is 4.40. The molecule has 1 spiro atoms. The van der Waals surface area contributed by atoms with Gasteiger partial charge in [0.2, 0.25) is 0 Å². The normalized spacial score (nSPS) is 112. The molecule has 0 radical (unpaired) electrons. The molecule has 0 aliphatic carbocycles. The molecule has 11 rings (SSSR count). The van der Waals surface area contributed by atoms with Gasteiger partial charge in [0.15, 0.2) is 0 Å². The van der Waals surface area contributed by atoms with Gasteiger partial charge in [-0.15, -0.1) is 0 Å². The Kier molecular flexibility index (Phi) is 0.248. The van der Waals surface area contributed by atoms with Crippen molar-refractivity contribution in [3.63, 3.8) is 0 Å². The van der Waals surface area contributed by atoms with Crippen LogP contribution < -0.4 is 0 Å². The minimum absolute atomic E-state index is 0.0479. The molecule has 0 saturated carbocycles. The van der Waals surface area contributed by atoms with E-state index in [2.05, 4.69) is 21.4 Å². The van der Waals surface area contributed by atoms with Crippen LogP contribution in [0.2, 0.25) is 38.5 Å². The van der Waals surface area contributed by atoms with E-state index in [1.807, 2.05) is 0 Å². The summed E-state index contributed by atoms with van der Waals surface area (Å²) in [7, 11) is 3.51. The molecule has 0 bridgehead atoms. The fraction of sp³-hybridized carbons (Fsp3) is 0.625. The van der Waals surface area contributed by atoms with Gasteiger partial charge in [0.1, 0.15) is 0 Å². The van der Waals surface area contributed by atoms with Gasteiger partial charge in [-0.05, 0) is 0 Å². The molecule has 19 heavy (non-hydrogen) atoms. The van der Waals surface area contributed by atoms with E-state index >= 15 is 0 Å². The molecular formula is C16H14FFeP. The number of hydrogen-bond donors (Lipinski definition) is 0. The first-order valence-electron chi connectivity index (χ1n) is 7.70. The molecule has 0 amide bonds. The Morgan fingerprint density at radius 3 is 1.79 bits per heavy atom. The van der Waals surface area contributed by atoms with Crippen LogP contribution in [0.15, 0.2) is 24.3 Å². The zero-order valence-corrected chi connectivity index (χ0v) is 12.5. The summed E-state index contributed by atoms with van der Waals surface area (Å²) in [5, 5.41) is 0. The molecule has 10 aliphatic rings. The first-order valence-corrected chi connectivity index (χ1v) is 14.5. The fourth-order valence-electron chi connectivity index (χ4n) is 18.2. The standard InChI is InChI=1S/C11H9FP.C5H5.Fe/c12-9-6-4-8(5-7-9)10-2-1-3-11(10)13;1-2-4-5-3-1;/h1-7H,13H2;1-5H;. The van der Waals surface area contributed by atoms with Crippen molar-refractivity contribution in [2.24, 2.45) is 0 Å². The van der Waals surface area contributed by atoms with Crippen LogP contribution in [-0.4, -0.2) is 4.05 Å². The average Bonchev–Trinajstić information content (AvgIpc) is 3.33. The van der Waals surface area contributed by atoms with Crippen LogP contribution >= 0.6 is 9.24 Å². The monoisotopic (exact) mass is 312 g/mol. The zero-order valence-electron chi connectivity index (χ0n) is 10.2. The van der Waals surface area contributed by atoms with Crippen LogP contribution in [0.1, 0.15) is 5.56 Å². The Labute approximate surface area is 103 Å². The van der Waals surface area contributed by atoms with Crippen molar-refractivity contribution in [3.05, 3.63) is 35.6 Å². The summed E-state index contributed by atoms with van der Waals surface area (Å²) in [5.41, 5.74) is 1.62. The third-order valence-corrected chi connectivity index (χ3v) is 64.7. The summed E-state index contributed by atoms with van der Waals surface area (Å²) < 4.78 is 14.9. The van der Waals surface area contributed by atoms with Crippen LogP contribution in [0.3, 0.4) is 0 Å². The summed E-state index contributed by atoms with van der Waals surface area (Å²) >= 11 is 0. The maximum absolute atomic E-state index is 13.4. The maximum atomic E-state index is 13.4. The molecule has 98 valence electrons. The van der Waals surface area contributed by atoms with Crippen LogP contribution in [-0.2, 0) is 10.8 Å². The van der Waals surface area contributed by atoms with Gasteiger partial charge in [-0.2, -0.15) is 0 Å². The van der Waals surface area contributed by atoms with Gasteiger partial charge >= 0.3 is 103 Å². The molecule has 0 aromatic heterocycles. The molecule has 10 heterocycles. The molecule has 3 heteroatoms. The quantitative estimate of drug-likeness (QED) is 0.532. The van der Waals surface area contributed by atoms with Gasteiger partial charge in [-0.25, -0.2) is 0 Å². The van der Waals surface area contributed by atoms with Gasteiger partial charge in [-0.3, -0.25) is 0 Å². The molecule has 10 fully saturated rings. The van der Waals surface area contributed by atoms with Gasteiger partial charge in [0, 0.05) is 0 Å². The van der Waals surface area contributed by atoms with Crippen molar-refractivity contribution in [1.29, 1.82) is 0 Å². The van der Waals surface area contributed by atoms with Crippen LogP contribution in [0.5, 0.6) is 0 Å². The molecule has 6 atom stereocenters. The van der Waals surface area contributed by atoms with Gasteiger partial charge in [-0.1, -0.05) is 0 Å². The molecule has 0 N–H and O–H groups in total. The molecule has 1 aromatic carbocycles. The van der Waals surface area contributed by atoms with Crippen molar-refractivity contribution in [2.75, 3.05) is 0 Å². The number of hydrogen-bond acceptors (Lipinski definition) is 0. The second kappa shape index (κ2) is 0.638. The number of rotatable bonds is 1. The Bertz CT molecular complexity index is 1190. The minimum atomic E-state index is -3.16. The number of halogens is 1. The number of benzene rings is 1. The Balaban J connectivity index is 1.56. The van der Waals surface area contributed by atoms with E-state index in [4.69, 9.17) is 0 Å². The van der Waals surface area contributed by atoms with E-state index in [9.17, 15) is 4.39 Å². The Hall–Kier alpha value is 0.0995. The first-order chi connectivity index (χ1) is 8.94. The Morgan fingerprint density at radius 1 is 0.895 bits per heavy atom. The molecule has 6 unspecified atom stereocenters. The van der Waals surface area contributed by atoms with E-state index in [1.54, 1.807) is 17.7 Å². The SMILES string of the molecule is Fc1ccc([C]23[CH]4[CH]5[CH]6[C]2(P)[Fe]56432789[CH]3[CH]2[CH]7[CH]8[CH]39)cc1. The molecule has 0 nitrogen and oxygen atoms in total. The molecule has 10 aliphatic heterocycles. The van der Waals surface area contributed by atoms with Crippen LogP contribution in [0, 0.1) is 5.82 Å². The van der Waals surface area contributed by atoms with Crippen molar-refractivity contribution in [3.8, 4) is 0 Å². The summed E-state index contributed by atoms with van der Waals surface area (Å²) in [6.07, 6.45) is 0. The van der Waals surface area contributed by atoms with E-state index < -0.39 is 6.51 Å². The second-order valence-corrected chi connectivity index (χ2v) is 36.0. The third kappa shape index (κ3) is 0.0794. The molecular weight excluding hydrogens is 298 g/mol. The van der Waals surface area contributed by atoms with Crippen molar-refractivity contribution >= 4 is 9.24 Å². The summed E-state index contributed by atoms with van der Waals surface area (Å²) in [5.74, 6) is -0.0479. The summed E-state index contributed by atoms with van der Waals surface area (Å²) in [6.45, 7) is -3.16. The zero-order chi connectivity index (χ0) is 11.9. The molecule has 10 saturated heterocycles. The number of fused-ring (bicyclic) bond motifs is 10. The van der Waals surface area contributed by atoms with Crippen LogP contribution in [0.4, 0.5) is 4.39 Å². The van der Waals surface area contributed by atoms with Gasteiger partial charge < -0.3 is 0 Å². The van der Waals surface area contributed by atoms with Crippen molar-refractivity contribution < 1.29 is 10.9 Å². The van der Waals surface area contributed by atoms with E-state index in [0.29, 0.717) is 4.31 Å². The van der Waals surface area contributed by atoms with Crippen molar-refractivity contribution in [2.45, 2.75) is 46.9 Å². The van der Waals surface area contributed by atoms with E-state index in [0.717, 1.165) is 4.05 Å². The van der Waals surface area contributed by atoms with Crippen molar-refractivity contribution in [1.82, 2.24) is 0 Å². The van der Waals surface area contributed by atoms with Gasteiger partial charge in [0.25, 0.3) is 0 Å². The third-order valence-electron chi connectivity index (χ3n) is 16.3. The summed E-state index contributed by atoms with van der Waals surface area (Å²) in [4.78, 5) is 10.5. The van der Waals surface area contributed by atoms with Crippen LogP contribution in [0.25, 0.3) is 0 Å².